The Morgan fingerprint density at radius 3 is 2.70 bits per heavy atom. The van der Waals surface area contributed by atoms with Gasteiger partial charge in [-0.1, -0.05) is 24.6 Å². The molecule has 0 saturated heterocycles. The van der Waals surface area contributed by atoms with Gasteiger partial charge in [0.15, 0.2) is 0 Å². The highest BCUT2D eigenvalue weighted by molar-refractivity contribution is 7.85. The van der Waals surface area contributed by atoms with E-state index >= 15 is 0 Å². The summed E-state index contributed by atoms with van der Waals surface area (Å²) in [5.74, 6) is 0.517. The number of nitrogens with one attached hydrogen (secondary N) is 1. The molecule has 1 aromatic carbocycles. The molecule has 124 valence electrons. The summed E-state index contributed by atoms with van der Waals surface area (Å²) in [6.45, 7) is 6.26. The van der Waals surface area contributed by atoms with Gasteiger partial charge in [0.1, 0.15) is 11.5 Å². The zero-order valence-electron chi connectivity index (χ0n) is 13.7. The molecule has 0 saturated carbocycles. The molecule has 1 amide bonds. The van der Waals surface area contributed by atoms with E-state index in [1.165, 1.54) is 6.26 Å². The lowest BCUT2D eigenvalue weighted by atomic mass is 10.1. The van der Waals surface area contributed by atoms with E-state index in [-0.39, 0.29) is 11.7 Å². The maximum absolute atomic E-state index is 12.3. The van der Waals surface area contributed by atoms with Crippen LogP contribution < -0.4 is 5.32 Å². The molecule has 0 aliphatic heterocycles. The van der Waals surface area contributed by atoms with Crippen LogP contribution in [0.2, 0.25) is 0 Å². The van der Waals surface area contributed by atoms with Gasteiger partial charge in [-0.15, -0.1) is 0 Å². The zero-order chi connectivity index (χ0) is 16.8. The Hall–Kier alpha value is -1.95. The van der Waals surface area contributed by atoms with Crippen LogP contribution in [0.1, 0.15) is 31.5 Å². The Bertz CT molecular complexity index is 679. The monoisotopic (exact) mass is 334 g/mol. The Morgan fingerprint density at radius 2 is 2.04 bits per heavy atom. The standard InChI is InChI=1S/C17H22N2O3S/c1-4-9-18-16(20)13(3)23(21)11-15-10-22-17(19-15)14-7-5-12(2)6-8-14/h5-8,10,13H,4,9,11H2,1-3H3,(H,18,20)/t13-,23+/m0/s1. The molecule has 1 aromatic heterocycles. The first-order valence-electron chi connectivity index (χ1n) is 7.67. The van der Waals surface area contributed by atoms with Crippen molar-refractivity contribution in [3.8, 4) is 11.5 Å². The number of carbonyl (C=O) groups excluding carboxylic acids is 1. The first-order chi connectivity index (χ1) is 11.0. The van der Waals surface area contributed by atoms with Gasteiger partial charge in [-0.2, -0.15) is 0 Å². The molecule has 2 rings (SSSR count). The van der Waals surface area contributed by atoms with Crippen LogP contribution in [0.4, 0.5) is 0 Å². The van der Waals surface area contributed by atoms with E-state index in [4.69, 9.17) is 4.42 Å². The van der Waals surface area contributed by atoms with Gasteiger partial charge in [0.25, 0.3) is 0 Å². The molecule has 5 nitrogen and oxygen atoms in total. The van der Waals surface area contributed by atoms with Crippen LogP contribution in [0.3, 0.4) is 0 Å². The van der Waals surface area contributed by atoms with Crippen LogP contribution in [0, 0.1) is 6.92 Å². The Balaban J connectivity index is 1.99. The molecule has 1 heterocycles. The molecule has 2 atom stereocenters. The molecule has 0 aliphatic carbocycles. The van der Waals surface area contributed by atoms with Crippen molar-refractivity contribution in [3.05, 3.63) is 41.8 Å². The molecule has 0 bridgehead atoms. The highest BCUT2D eigenvalue weighted by atomic mass is 32.2. The van der Waals surface area contributed by atoms with Crippen LogP contribution >= 0.6 is 0 Å². The number of hydrogen-bond acceptors (Lipinski definition) is 4. The molecule has 0 spiro atoms. The predicted octanol–water partition coefficient (Wildman–Crippen LogP) is 2.81. The number of rotatable bonds is 7. The number of amides is 1. The quantitative estimate of drug-likeness (QED) is 0.845. The van der Waals surface area contributed by atoms with Crippen molar-refractivity contribution in [2.24, 2.45) is 0 Å². The van der Waals surface area contributed by atoms with Gasteiger partial charge in [-0.3, -0.25) is 9.00 Å². The summed E-state index contributed by atoms with van der Waals surface area (Å²) >= 11 is 0. The molecule has 23 heavy (non-hydrogen) atoms. The minimum Gasteiger partial charge on any atom is -0.444 e. The fourth-order valence-corrected chi connectivity index (χ4v) is 2.98. The summed E-state index contributed by atoms with van der Waals surface area (Å²) in [6.07, 6.45) is 2.36. The van der Waals surface area contributed by atoms with Crippen LogP contribution in [-0.2, 0) is 21.3 Å². The minimum absolute atomic E-state index is 0.188. The lowest BCUT2D eigenvalue weighted by Crippen LogP contribution is -2.36. The van der Waals surface area contributed by atoms with Crippen molar-refractivity contribution in [2.75, 3.05) is 6.54 Å². The van der Waals surface area contributed by atoms with Crippen LogP contribution in [0.15, 0.2) is 34.9 Å². The molecular weight excluding hydrogens is 312 g/mol. The van der Waals surface area contributed by atoms with Crippen molar-refractivity contribution < 1.29 is 13.4 Å². The second-order valence-electron chi connectivity index (χ2n) is 5.47. The largest absolute Gasteiger partial charge is 0.444 e. The third-order valence-corrected chi connectivity index (χ3v) is 5.04. The minimum atomic E-state index is -1.33. The van der Waals surface area contributed by atoms with E-state index in [2.05, 4.69) is 10.3 Å². The summed E-state index contributed by atoms with van der Waals surface area (Å²) in [4.78, 5) is 16.2. The third-order valence-electron chi connectivity index (χ3n) is 3.45. The van der Waals surface area contributed by atoms with E-state index < -0.39 is 16.0 Å². The second-order valence-corrected chi connectivity index (χ2v) is 7.23. The number of nitrogens with zero attached hydrogens (tertiary/aromatic N) is 1. The van der Waals surface area contributed by atoms with Crippen molar-refractivity contribution in [2.45, 2.75) is 38.2 Å². The van der Waals surface area contributed by atoms with Gasteiger partial charge in [0, 0.05) is 22.9 Å². The molecule has 0 fully saturated rings. The zero-order valence-corrected chi connectivity index (χ0v) is 14.5. The van der Waals surface area contributed by atoms with E-state index in [0.29, 0.717) is 18.1 Å². The van der Waals surface area contributed by atoms with Gasteiger partial charge in [-0.05, 0) is 32.4 Å². The number of carbonyl (C=O) groups is 1. The smallest absolute Gasteiger partial charge is 0.235 e. The normalized spacial score (nSPS) is 13.5. The molecular formula is C17H22N2O3S. The average Bonchev–Trinajstić information content (AvgIpc) is 3.00. The maximum Gasteiger partial charge on any atom is 0.235 e. The Labute approximate surface area is 139 Å². The van der Waals surface area contributed by atoms with E-state index in [0.717, 1.165) is 17.5 Å². The summed E-state index contributed by atoms with van der Waals surface area (Å²) in [5, 5.41) is 2.19. The van der Waals surface area contributed by atoms with Gasteiger partial charge < -0.3 is 9.73 Å². The molecule has 0 unspecified atom stereocenters. The molecule has 6 heteroatoms. The number of benzene rings is 1. The number of aromatic nitrogens is 1. The van der Waals surface area contributed by atoms with Gasteiger partial charge in [0.05, 0.1) is 11.4 Å². The lowest BCUT2D eigenvalue weighted by Gasteiger charge is -2.10. The van der Waals surface area contributed by atoms with E-state index in [1.54, 1.807) is 6.92 Å². The van der Waals surface area contributed by atoms with Crippen LogP contribution in [0.5, 0.6) is 0 Å². The Kier molecular flexibility index (Phi) is 6.10. The summed E-state index contributed by atoms with van der Waals surface area (Å²) in [6, 6.07) is 7.83. The first kappa shape index (κ1) is 17.4. The Morgan fingerprint density at radius 1 is 1.35 bits per heavy atom. The van der Waals surface area contributed by atoms with Crippen molar-refractivity contribution >= 4 is 16.7 Å². The number of oxazole rings is 1. The SMILES string of the molecule is CCCNC(=O)[C@H](C)[S@](=O)Cc1coc(-c2ccc(C)cc2)n1. The highest BCUT2D eigenvalue weighted by Gasteiger charge is 2.21. The molecule has 0 radical (unpaired) electrons. The molecule has 0 aliphatic rings. The average molecular weight is 334 g/mol. The number of hydrogen-bond donors (Lipinski definition) is 1. The van der Waals surface area contributed by atoms with Gasteiger partial charge >= 0.3 is 0 Å². The second kappa shape index (κ2) is 8.06. The van der Waals surface area contributed by atoms with Gasteiger partial charge in [0.2, 0.25) is 11.8 Å². The lowest BCUT2D eigenvalue weighted by molar-refractivity contribution is -0.120. The fourth-order valence-electron chi connectivity index (χ4n) is 1.98. The van der Waals surface area contributed by atoms with Crippen LogP contribution in [0.25, 0.3) is 11.5 Å². The highest BCUT2D eigenvalue weighted by Crippen LogP contribution is 2.20. The predicted molar refractivity (Wildman–Crippen MR) is 91.3 cm³/mol. The first-order valence-corrected chi connectivity index (χ1v) is 9.05. The maximum atomic E-state index is 12.3. The summed E-state index contributed by atoms with van der Waals surface area (Å²) in [5.41, 5.74) is 2.63. The van der Waals surface area contributed by atoms with Crippen LogP contribution in [-0.4, -0.2) is 26.9 Å². The summed E-state index contributed by atoms with van der Waals surface area (Å²) < 4.78 is 17.7. The topological polar surface area (TPSA) is 72.2 Å². The molecule has 2 aromatic rings. The number of aryl methyl sites for hydroxylation is 1. The van der Waals surface area contributed by atoms with E-state index in [9.17, 15) is 9.00 Å². The fraction of sp³-hybridized carbons (Fsp3) is 0.412. The third kappa shape index (κ3) is 4.76. The molecule has 1 N–H and O–H groups in total. The van der Waals surface area contributed by atoms with Gasteiger partial charge in [-0.25, -0.2) is 4.98 Å². The van der Waals surface area contributed by atoms with Crippen molar-refractivity contribution in [1.29, 1.82) is 0 Å². The van der Waals surface area contributed by atoms with Crippen molar-refractivity contribution in [3.63, 3.8) is 0 Å². The van der Waals surface area contributed by atoms with Crippen molar-refractivity contribution in [1.82, 2.24) is 10.3 Å². The summed E-state index contributed by atoms with van der Waals surface area (Å²) in [7, 11) is -1.33. The van der Waals surface area contributed by atoms with E-state index in [1.807, 2.05) is 38.1 Å².